The van der Waals surface area contributed by atoms with Crippen molar-refractivity contribution in [2.24, 2.45) is 7.05 Å². The number of hydrogen-bond acceptors (Lipinski definition) is 3. The number of nitrogens with zero attached hydrogens (tertiary/aromatic N) is 3. The highest BCUT2D eigenvalue weighted by Crippen LogP contribution is 2.23. The van der Waals surface area contributed by atoms with Gasteiger partial charge in [0.25, 0.3) is 0 Å². The summed E-state index contributed by atoms with van der Waals surface area (Å²) in [6.45, 7) is 2.09. The molecule has 2 rings (SSSR count). The van der Waals surface area contributed by atoms with E-state index in [1.54, 1.807) is 7.11 Å². The summed E-state index contributed by atoms with van der Waals surface area (Å²) in [5.74, 6) is 1.18. The minimum absolute atomic E-state index is 0.429. The summed E-state index contributed by atoms with van der Waals surface area (Å²) in [5, 5.41) is 4.29. The van der Waals surface area contributed by atoms with Crippen LogP contribution in [0.4, 0.5) is 5.82 Å². The first kappa shape index (κ1) is 11.0. The fraction of sp³-hybridized carbons (Fsp3) is 0.700. The number of methoxy groups -OCH3 is 1. The minimum Gasteiger partial charge on any atom is -0.381 e. The van der Waals surface area contributed by atoms with Gasteiger partial charge in [0.05, 0.1) is 6.10 Å². The van der Waals surface area contributed by atoms with Crippen LogP contribution in [0.2, 0.25) is 0 Å². The summed E-state index contributed by atoms with van der Waals surface area (Å²) in [6, 6.07) is 2.06. The fourth-order valence-electron chi connectivity index (χ4n) is 2.04. The lowest BCUT2D eigenvalue weighted by atomic mass is 10.1. The monoisotopic (exact) mass is 273 g/mol. The summed E-state index contributed by atoms with van der Waals surface area (Å²) >= 11 is 3.39. The molecular weight excluding hydrogens is 258 g/mol. The molecule has 15 heavy (non-hydrogen) atoms. The van der Waals surface area contributed by atoms with Gasteiger partial charge in [-0.05, 0) is 28.8 Å². The van der Waals surface area contributed by atoms with Gasteiger partial charge in [-0.3, -0.25) is 4.68 Å². The molecule has 1 saturated heterocycles. The third-order valence-electron chi connectivity index (χ3n) is 2.92. The Morgan fingerprint density at radius 1 is 1.47 bits per heavy atom. The molecule has 0 N–H and O–H groups in total. The number of anilines is 1. The van der Waals surface area contributed by atoms with Crippen LogP contribution in [0.5, 0.6) is 0 Å². The van der Waals surface area contributed by atoms with Crippen molar-refractivity contribution in [3.05, 3.63) is 10.7 Å². The number of ether oxygens (including phenoxy) is 1. The van der Waals surface area contributed by atoms with Gasteiger partial charge in [-0.25, -0.2) is 0 Å². The van der Waals surface area contributed by atoms with Crippen LogP contribution in [-0.4, -0.2) is 36.1 Å². The molecule has 1 aromatic heterocycles. The van der Waals surface area contributed by atoms with Crippen LogP contribution in [-0.2, 0) is 11.8 Å². The van der Waals surface area contributed by atoms with Gasteiger partial charge in [0.15, 0.2) is 0 Å². The van der Waals surface area contributed by atoms with Crippen LogP contribution < -0.4 is 4.90 Å². The lowest BCUT2D eigenvalue weighted by molar-refractivity contribution is 0.0817. The molecule has 0 saturated carbocycles. The molecular formula is C10H16BrN3O. The van der Waals surface area contributed by atoms with Crippen LogP contribution >= 0.6 is 15.9 Å². The number of piperidine rings is 1. The maximum absolute atomic E-state index is 5.35. The zero-order valence-electron chi connectivity index (χ0n) is 9.11. The Balaban J connectivity index is 2.04. The highest BCUT2D eigenvalue weighted by atomic mass is 79.9. The normalized spacial score (nSPS) is 18.5. The zero-order valence-corrected chi connectivity index (χ0v) is 10.7. The molecule has 1 aliphatic heterocycles. The molecule has 2 heterocycles. The van der Waals surface area contributed by atoms with Crippen molar-refractivity contribution < 1.29 is 4.74 Å². The van der Waals surface area contributed by atoms with Crippen molar-refractivity contribution in [1.29, 1.82) is 0 Å². The van der Waals surface area contributed by atoms with Crippen molar-refractivity contribution >= 4 is 21.7 Å². The number of hydrogen-bond donors (Lipinski definition) is 0. The van der Waals surface area contributed by atoms with Gasteiger partial charge >= 0.3 is 0 Å². The van der Waals surface area contributed by atoms with Crippen LogP contribution in [0.1, 0.15) is 12.8 Å². The molecule has 4 nitrogen and oxygen atoms in total. The Labute approximate surface area is 98.3 Å². The third kappa shape index (κ3) is 2.34. The SMILES string of the molecule is COC1CCN(c2cc(Br)nn2C)CC1. The highest BCUT2D eigenvalue weighted by Gasteiger charge is 2.20. The largest absolute Gasteiger partial charge is 0.381 e. The molecule has 84 valence electrons. The minimum atomic E-state index is 0.429. The highest BCUT2D eigenvalue weighted by molar-refractivity contribution is 9.10. The molecule has 0 spiro atoms. The standard InChI is InChI=1S/C10H16BrN3O/c1-13-10(7-9(11)12-13)14-5-3-8(15-2)4-6-14/h7-8H,3-6H2,1-2H3. The van der Waals surface area contributed by atoms with Crippen molar-refractivity contribution in [3.63, 3.8) is 0 Å². The van der Waals surface area contributed by atoms with Gasteiger partial charge in [-0.15, -0.1) is 0 Å². The number of halogens is 1. The number of aryl methyl sites for hydroxylation is 1. The van der Waals surface area contributed by atoms with E-state index in [4.69, 9.17) is 4.74 Å². The Kier molecular flexibility index (Phi) is 3.31. The van der Waals surface area contributed by atoms with E-state index in [1.165, 1.54) is 5.82 Å². The Hall–Kier alpha value is -0.550. The van der Waals surface area contributed by atoms with E-state index in [2.05, 4.69) is 32.0 Å². The van der Waals surface area contributed by atoms with Crippen molar-refractivity contribution in [2.75, 3.05) is 25.1 Å². The van der Waals surface area contributed by atoms with Crippen molar-refractivity contribution in [3.8, 4) is 0 Å². The van der Waals surface area contributed by atoms with E-state index >= 15 is 0 Å². The summed E-state index contributed by atoms with van der Waals surface area (Å²) in [4.78, 5) is 2.35. The van der Waals surface area contributed by atoms with E-state index in [1.807, 2.05) is 11.7 Å². The molecule has 0 bridgehead atoms. The van der Waals surface area contributed by atoms with Gasteiger partial charge in [0.1, 0.15) is 10.4 Å². The second-order valence-corrected chi connectivity index (χ2v) is 4.68. The summed E-state index contributed by atoms with van der Waals surface area (Å²) in [6.07, 6.45) is 2.62. The molecule has 1 aliphatic rings. The second-order valence-electron chi connectivity index (χ2n) is 3.87. The van der Waals surface area contributed by atoms with E-state index in [-0.39, 0.29) is 0 Å². The fourth-order valence-corrected chi connectivity index (χ4v) is 2.48. The average Bonchev–Trinajstić information content (AvgIpc) is 2.58. The Bertz CT molecular complexity index is 331. The maximum atomic E-state index is 5.35. The first-order chi connectivity index (χ1) is 7.20. The summed E-state index contributed by atoms with van der Waals surface area (Å²) in [7, 11) is 3.77. The van der Waals surface area contributed by atoms with Gasteiger partial charge < -0.3 is 9.64 Å². The van der Waals surface area contributed by atoms with E-state index in [0.29, 0.717) is 6.10 Å². The zero-order chi connectivity index (χ0) is 10.8. The molecule has 0 aliphatic carbocycles. The van der Waals surface area contributed by atoms with Crippen LogP contribution in [0.15, 0.2) is 10.7 Å². The molecule has 1 fully saturated rings. The van der Waals surface area contributed by atoms with E-state index < -0.39 is 0 Å². The number of rotatable bonds is 2. The third-order valence-corrected chi connectivity index (χ3v) is 3.31. The average molecular weight is 274 g/mol. The molecule has 0 aromatic carbocycles. The van der Waals surface area contributed by atoms with Crippen LogP contribution in [0.3, 0.4) is 0 Å². The van der Waals surface area contributed by atoms with Crippen molar-refractivity contribution in [1.82, 2.24) is 9.78 Å². The first-order valence-corrected chi connectivity index (χ1v) is 5.97. The molecule has 1 aromatic rings. The van der Waals surface area contributed by atoms with Gasteiger partial charge in [0.2, 0.25) is 0 Å². The Morgan fingerprint density at radius 2 is 2.13 bits per heavy atom. The van der Waals surface area contributed by atoms with Crippen LogP contribution in [0, 0.1) is 0 Å². The topological polar surface area (TPSA) is 30.3 Å². The Morgan fingerprint density at radius 3 is 2.60 bits per heavy atom. The molecule has 0 atom stereocenters. The summed E-state index contributed by atoms with van der Waals surface area (Å²) in [5.41, 5.74) is 0. The second kappa shape index (κ2) is 4.53. The van der Waals surface area contributed by atoms with Gasteiger partial charge in [0, 0.05) is 33.3 Å². The van der Waals surface area contributed by atoms with E-state index in [0.717, 1.165) is 30.5 Å². The predicted octanol–water partition coefficient (Wildman–Crippen LogP) is 1.80. The summed E-state index contributed by atoms with van der Waals surface area (Å²) < 4.78 is 8.16. The maximum Gasteiger partial charge on any atom is 0.130 e. The number of aromatic nitrogens is 2. The van der Waals surface area contributed by atoms with Gasteiger partial charge in [-0.2, -0.15) is 5.10 Å². The van der Waals surface area contributed by atoms with Crippen molar-refractivity contribution in [2.45, 2.75) is 18.9 Å². The van der Waals surface area contributed by atoms with E-state index in [9.17, 15) is 0 Å². The molecule has 5 heteroatoms. The molecule has 0 unspecified atom stereocenters. The lowest BCUT2D eigenvalue weighted by Crippen LogP contribution is -2.37. The quantitative estimate of drug-likeness (QED) is 0.823. The van der Waals surface area contributed by atoms with Gasteiger partial charge in [-0.1, -0.05) is 0 Å². The molecule has 0 amide bonds. The first-order valence-electron chi connectivity index (χ1n) is 5.18. The smallest absolute Gasteiger partial charge is 0.130 e. The predicted molar refractivity (Wildman–Crippen MR) is 63.2 cm³/mol. The molecule has 0 radical (unpaired) electrons. The lowest BCUT2D eigenvalue weighted by Gasteiger charge is -2.32. The van der Waals surface area contributed by atoms with Crippen LogP contribution in [0.25, 0.3) is 0 Å².